The minimum absolute atomic E-state index is 0.0163. The molecule has 4 aromatic heterocycles. The molecule has 3 fully saturated rings. The highest BCUT2D eigenvalue weighted by atomic mass is 19.3. The second kappa shape index (κ2) is 18.9. The van der Waals surface area contributed by atoms with Crippen LogP contribution < -0.4 is 21.6 Å². The number of nitrogens with zero attached hydrogens (tertiary/aromatic N) is 8. The average Bonchev–Trinajstić information content (AvgIpc) is 3.71. The number of imidazole rings is 1. The Bertz CT molecular complexity index is 2760. The molecule has 0 spiro atoms. The van der Waals surface area contributed by atoms with Crippen LogP contribution in [0.4, 0.5) is 20.3 Å². The highest BCUT2D eigenvalue weighted by Crippen LogP contribution is 2.31. The number of hydrogen-bond donors (Lipinski definition) is 3. The molecular formula is C46H51F2N11O6. The van der Waals surface area contributed by atoms with E-state index in [9.17, 15) is 28.0 Å². The number of fused-ring (bicyclic) bond motifs is 1. The number of hydrogen-bond acceptors (Lipinski definition) is 12. The first-order valence-corrected chi connectivity index (χ1v) is 22.0. The number of amides is 3. The number of aromatic nitrogens is 6. The number of morpholine rings is 1. The fourth-order valence-corrected chi connectivity index (χ4v) is 8.58. The number of ether oxygens (including phenoxy) is 1. The Labute approximate surface area is 372 Å². The van der Waals surface area contributed by atoms with Crippen molar-refractivity contribution in [2.24, 2.45) is 13.0 Å². The van der Waals surface area contributed by atoms with Gasteiger partial charge >= 0.3 is 5.69 Å². The summed E-state index contributed by atoms with van der Waals surface area (Å²) in [5, 5.41) is 12.3. The quantitative estimate of drug-likeness (QED) is 0.100. The summed E-state index contributed by atoms with van der Waals surface area (Å²) in [6.07, 6.45) is 5.88. The normalized spacial score (nSPS) is 18.2. The van der Waals surface area contributed by atoms with Gasteiger partial charge in [0.05, 0.1) is 41.3 Å². The zero-order valence-corrected chi connectivity index (χ0v) is 36.2. The van der Waals surface area contributed by atoms with E-state index in [0.29, 0.717) is 54.6 Å². The third-order valence-corrected chi connectivity index (χ3v) is 12.2. The lowest BCUT2D eigenvalue weighted by Crippen LogP contribution is -2.47. The minimum Gasteiger partial charge on any atom is -0.444 e. The van der Waals surface area contributed by atoms with Gasteiger partial charge in [0.2, 0.25) is 17.7 Å². The Kier molecular flexibility index (Phi) is 12.7. The maximum absolute atomic E-state index is 14.2. The van der Waals surface area contributed by atoms with Gasteiger partial charge in [0.1, 0.15) is 18.1 Å². The van der Waals surface area contributed by atoms with Crippen LogP contribution in [0, 0.1) is 5.92 Å². The monoisotopic (exact) mass is 891 g/mol. The van der Waals surface area contributed by atoms with Crippen molar-refractivity contribution in [3.8, 4) is 17.1 Å². The lowest BCUT2D eigenvalue weighted by atomic mass is 10.0. The lowest BCUT2D eigenvalue weighted by Gasteiger charge is -2.35. The Balaban J connectivity index is 0.754. The van der Waals surface area contributed by atoms with E-state index in [1.54, 1.807) is 42.1 Å². The molecule has 3 aliphatic rings. The molecule has 3 amide bonds. The first-order chi connectivity index (χ1) is 31.4. The molecule has 2 saturated heterocycles. The Morgan fingerprint density at radius 1 is 1.03 bits per heavy atom. The number of benzene rings is 2. The van der Waals surface area contributed by atoms with Crippen molar-refractivity contribution in [2.75, 3.05) is 57.0 Å². The fraction of sp³-hybridized carbons (Fsp3) is 0.413. The SMILES string of the molecule is CN(Cc1ccc(-n2cc(NC(=O)c3coc(-c4ccnc(NCC5CC5)c4)n3)c(C(F)F)n2)cc1)C[C@@H]1CN(CCCc2ccc3c(c2)n(C)c(=O)n3C2CCC(=O)NC2=O)CCO1. The first kappa shape index (κ1) is 43.7. The van der Waals surface area contributed by atoms with Crippen LogP contribution in [0.3, 0.4) is 0 Å². The summed E-state index contributed by atoms with van der Waals surface area (Å²) in [5.41, 5.74) is 3.67. The molecule has 2 aromatic carbocycles. The van der Waals surface area contributed by atoms with Gasteiger partial charge in [-0.05, 0) is 99.1 Å². The van der Waals surface area contributed by atoms with Crippen molar-refractivity contribution >= 4 is 40.3 Å². The second-order valence-electron chi connectivity index (χ2n) is 17.2. The van der Waals surface area contributed by atoms with Crippen LogP contribution in [0.15, 0.2) is 82.5 Å². The summed E-state index contributed by atoms with van der Waals surface area (Å²) >= 11 is 0. The van der Waals surface area contributed by atoms with Gasteiger partial charge in [0.25, 0.3) is 12.3 Å². The Hall–Kier alpha value is -6.57. The maximum Gasteiger partial charge on any atom is 0.329 e. The van der Waals surface area contributed by atoms with Gasteiger partial charge in [-0.25, -0.2) is 28.2 Å². The number of anilines is 2. The van der Waals surface area contributed by atoms with Crippen LogP contribution in [-0.4, -0.2) is 109 Å². The highest BCUT2D eigenvalue weighted by molar-refractivity contribution is 6.03. The summed E-state index contributed by atoms with van der Waals surface area (Å²) in [5.74, 6) is 0.0587. The number of imide groups is 1. The van der Waals surface area contributed by atoms with E-state index in [0.717, 1.165) is 55.7 Å². The number of nitrogens with one attached hydrogen (secondary N) is 3. The number of halogens is 2. The molecule has 0 bridgehead atoms. The predicted octanol–water partition coefficient (Wildman–Crippen LogP) is 5.33. The molecule has 19 heteroatoms. The molecule has 6 heterocycles. The number of aryl methyl sites for hydroxylation is 2. The number of piperidine rings is 1. The molecule has 2 atom stereocenters. The number of carbonyl (C=O) groups is 3. The summed E-state index contributed by atoms with van der Waals surface area (Å²) < 4.78 is 44.4. The molecule has 65 heavy (non-hydrogen) atoms. The summed E-state index contributed by atoms with van der Waals surface area (Å²) in [7, 11) is 3.74. The fourth-order valence-electron chi connectivity index (χ4n) is 8.58. The number of oxazole rings is 1. The van der Waals surface area contributed by atoms with E-state index in [1.807, 2.05) is 37.4 Å². The van der Waals surface area contributed by atoms with Crippen molar-refractivity contribution in [2.45, 2.75) is 63.6 Å². The smallest absolute Gasteiger partial charge is 0.329 e. The van der Waals surface area contributed by atoms with Gasteiger partial charge < -0.3 is 19.8 Å². The van der Waals surface area contributed by atoms with Crippen LogP contribution in [0.5, 0.6) is 0 Å². The van der Waals surface area contributed by atoms with E-state index in [4.69, 9.17) is 9.15 Å². The first-order valence-electron chi connectivity index (χ1n) is 22.0. The molecule has 1 saturated carbocycles. The third-order valence-electron chi connectivity index (χ3n) is 12.2. The highest BCUT2D eigenvalue weighted by Gasteiger charge is 2.31. The number of likely N-dealkylation sites (N-methyl/N-ethyl adjacent to an activating group) is 1. The molecule has 2 aliphatic heterocycles. The largest absolute Gasteiger partial charge is 0.444 e. The van der Waals surface area contributed by atoms with Gasteiger partial charge in [-0.3, -0.25) is 38.6 Å². The number of pyridine rings is 1. The van der Waals surface area contributed by atoms with Crippen molar-refractivity contribution in [1.29, 1.82) is 0 Å². The minimum atomic E-state index is -2.94. The molecule has 9 rings (SSSR count). The predicted molar refractivity (Wildman–Crippen MR) is 237 cm³/mol. The van der Waals surface area contributed by atoms with E-state index >= 15 is 0 Å². The van der Waals surface area contributed by atoms with E-state index in [2.05, 4.69) is 40.8 Å². The van der Waals surface area contributed by atoms with Crippen LogP contribution in [-0.2, 0) is 34.3 Å². The molecule has 6 aromatic rings. The molecule has 340 valence electrons. The molecule has 1 aliphatic carbocycles. The van der Waals surface area contributed by atoms with E-state index in [-0.39, 0.29) is 41.4 Å². The Morgan fingerprint density at radius 2 is 1.85 bits per heavy atom. The van der Waals surface area contributed by atoms with Gasteiger partial charge in [-0.1, -0.05) is 18.2 Å². The average molecular weight is 892 g/mol. The molecule has 1 unspecified atom stereocenters. The van der Waals surface area contributed by atoms with Gasteiger partial charge in [-0.15, -0.1) is 0 Å². The zero-order valence-electron chi connectivity index (χ0n) is 36.2. The zero-order chi connectivity index (χ0) is 45.2. The van der Waals surface area contributed by atoms with Crippen molar-refractivity contribution in [1.82, 2.24) is 44.0 Å². The Morgan fingerprint density at radius 3 is 2.63 bits per heavy atom. The lowest BCUT2D eigenvalue weighted by molar-refractivity contribution is -0.135. The van der Waals surface area contributed by atoms with Crippen molar-refractivity contribution < 1.29 is 32.3 Å². The second-order valence-corrected chi connectivity index (χ2v) is 17.2. The van der Waals surface area contributed by atoms with Crippen LogP contribution in [0.1, 0.15) is 71.9 Å². The van der Waals surface area contributed by atoms with Gasteiger partial charge in [0.15, 0.2) is 11.4 Å². The summed E-state index contributed by atoms with van der Waals surface area (Å²) in [6.45, 7) is 5.32. The van der Waals surface area contributed by atoms with E-state index < -0.39 is 30.0 Å². The molecule has 3 N–H and O–H groups in total. The van der Waals surface area contributed by atoms with Gasteiger partial charge in [0, 0.05) is 58.0 Å². The van der Waals surface area contributed by atoms with Crippen LogP contribution in [0.25, 0.3) is 28.2 Å². The van der Waals surface area contributed by atoms with Crippen LogP contribution >= 0.6 is 0 Å². The molecular weight excluding hydrogens is 841 g/mol. The van der Waals surface area contributed by atoms with E-state index in [1.165, 1.54) is 34.6 Å². The van der Waals surface area contributed by atoms with Gasteiger partial charge in [-0.2, -0.15) is 5.10 Å². The van der Waals surface area contributed by atoms with Crippen molar-refractivity contribution in [3.05, 3.63) is 106 Å². The van der Waals surface area contributed by atoms with Crippen molar-refractivity contribution in [3.63, 3.8) is 0 Å². The molecule has 0 radical (unpaired) electrons. The molecule has 17 nitrogen and oxygen atoms in total. The number of alkyl halides is 2. The summed E-state index contributed by atoms with van der Waals surface area (Å²) in [6, 6.07) is 16.1. The number of carbonyl (C=O) groups excluding carboxylic acids is 3. The third kappa shape index (κ3) is 10.1. The summed E-state index contributed by atoms with van der Waals surface area (Å²) in [4.78, 5) is 63.8. The van der Waals surface area contributed by atoms with Crippen LogP contribution in [0.2, 0.25) is 0 Å². The topological polar surface area (TPSA) is 187 Å². The standard InChI is InChI=1S/C46H51F2N11O6/c1-55(24-33-25-57(18-19-64-33)17-3-4-28-9-12-36-38(20-28)56(2)46(63)59(36)37-13-14-40(60)53-44(37)62)23-30-7-10-32(11-8-30)58-26-34(41(54-58)42(47)48)51-43(61)35-27-65-45(52-35)31-15-16-49-39(21-31)50-22-29-5-6-29/h7-12,15-16,20-21,26-27,29,33,37,42H,3-6,13-14,17-19,22-25H2,1-2H3,(H,49,50)(H,51,61)(H,53,60,62)/t33-,37?/m1/s1. The number of rotatable bonds is 17. The maximum atomic E-state index is 14.2.